The first-order valence-corrected chi connectivity index (χ1v) is 6.63. The van der Waals surface area contributed by atoms with Crippen molar-refractivity contribution in [1.29, 1.82) is 5.26 Å². The summed E-state index contributed by atoms with van der Waals surface area (Å²) in [5.74, 6) is 0.729. The lowest BCUT2D eigenvalue weighted by Crippen LogP contribution is -2.22. The van der Waals surface area contributed by atoms with Crippen molar-refractivity contribution < 1.29 is 4.42 Å². The lowest BCUT2D eigenvalue weighted by atomic mass is 9.98. The first-order chi connectivity index (χ1) is 10.0. The molecule has 21 heavy (non-hydrogen) atoms. The second kappa shape index (κ2) is 4.63. The van der Waals surface area contributed by atoms with Crippen molar-refractivity contribution in [2.45, 2.75) is 26.7 Å². The Kier molecular flexibility index (Phi) is 2.91. The molecule has 0 aliphatic rings. The van der Waals surface area contributed by atoms with Gasteiger partial charge in [-0.1, -0.05) is 13.8 Å². The zero-order valence-electron chi connectivity index (χ0n) is 12.0. The zero-order valence-corrected chi connectivity index (χ0v) is 12.0. The molecule has 0 bridgehead atoms. The number of aromatic nitrogens is 3. The minimum absolute atomic E-state index is 0.0113. The fraction of sp³-hybridized carbons (Fsp3) is 0.267. The lowest BCUT2D eigenvalue weighted by Gasteiger charge is -2.12. The Bertz CT molecular complexity index is 921. The molecule has 3 aromatic rings. The van der Waals surface area contributed by atoms with Crippen molar-refractivity contribution in [2.75, 3.05) is 0 Å². The van der Waals surface area contributed by atoms with Gasteiger partial charge < -0.3 is 9.40 Å². The lowest BCUT2D eigenvalue weighted by molar-refractivity contribution is 0.535. The second-order valence-electron chi connectivity index (χ2n) is 5.19. The Morgan fingerprint density at radius 1 is 1.48 bits per heavy atom. The molecule has 0 aliphatic carbocycles. The Morgan fingerprint density at radius 3 is 2.81 bits per heavy atom. The third-order valence-corrected chi connectivity index (χ3v) is 3.53. The van der Waals surface area contributed by atoms with E-state index >= 15 is 0 Å². The van der Waals surface area contributed by atoms with Crippen molar-refractivity contribution >= 4 is 5.65 Å². The highest BCUT2D eigenvalue weighted by molar-refractivity contribution is 5.69. The van der Waals surface area contributed by atoms with Crippen LogP contribution in [0.25, 0.3) is 16.9 Å². The van der Waals surface area contributed by atoms with Gasteiger partial charge in [-0.25, -0.2) is 0 Å². The van der Waals surface area contributed by atoms with E-state index in [0.717, 1.165) is 11.3 Å². The van der Waals surface area contributed by atoms with Gasteiger partial charge in [-0.3, -0.25) is 4.79 Å². The summed E-state index contributed by atoms with van der Waals surface area (Å²) in [7, 11) is 0. The summed E-state index contributed by atoms with van der Waals surface area (Å²) in [5.41, 5.74) is 2.66. The standard InChI is InChI=1S/C15H14N4O2/c1-8(2)12-13(11-4-5-21-9(11)3)18-14-10(6-16)7-17-19(14)15(12)20/h4-5,7-8,18H,1-3H3. The molecule has 0 aliphatic heterocycles. The van der Waals surface area contributed by atoms with Gasteiger partial charge in [0.2, 0.25) is 0 Å². The van der Waals surface area contributed by atoms with Crippen LogP contribution in [0, 0.1) is 18.3 Å². The first kappa shape index (κ1) is 13.2. The van der Waals surface area contributed by atoms with E-state index in [1.165, 1.54) is 10.7 Å². The number of nitriles is 1. The average Bonchev–Trinajstić information content (AvgIpc) is 3.03. The maximum Gasteiger partial charge on any atom is 0.278 e. The molecule has 3 heterocycles. The monoisotopic (exact) mass is 282 g/mol. The van der Waals surface area contributed by atoms with Gasteiger partial charge in [0, 0.05) is 11.1 Å². The van der Waals surface area contributed by atoms with Crippen LogP contribution in [0.3, 0.4) is 0 Å². The molecular weight excluding hydrogens is 268 g/mol. The number of hydrogen-bond acceptors (Lipinski definition) is 4. The van der Waals surface area contributed by atoms with Crippen LogP contribution >= 0.6 is 0 Å². The summed E-state index contributed by atoms with van der Waals surface area (Å²) in [4.78, 5) is 15.8. The predicted octanol–water partition coefficient (Wildman–Crippen LogP) is 2.59. The molecule has 0 spiro atoms. The van der Waals surface area contributed by atoms with Gasteiger partial charge in [-0.05, 0) is 18.9 Å². The molecule has 0 radical (unpaired) electrons. The van der Waals surface area contributed by atoms with Gasteiger partial charge in [0.05, 0.1) is 18.2 Å². The summed E-state index contributed by atoms with van der Waals surface area (Å²) in [6.45, 7) is 5.73. The Morgan fingerprint density at radius 2 is 2.24 bits per heavy atom. The van der Waals surface area contributed by atoms with Crippen LogP contribution in [0.5, 0.6) is 0 Å². The van der Waals surface area contributed by atoms with Crippen LogP contribution in [0.15, 0.2) is 27.7 Å². The zero-order chi connectivity index (χ0) is 15.1. The predicted molar refractivity (Wildman–Crippen MR) is 77.1 cm³/mol. The van der Waals surface area contributed by atoms with Crippen LogP contribution in [0.2, 0.25) is 0 Å². The van der Waals surface area contributed by atoms with Gasteiger partial charge in [0.1, 0.15) is 17.4 Å². The van der Waals surface area contributed by atoms with E-state index in [1.54, 1.807) is 6.26 Å². The molecule has 3 rings (SSSR count). The maximum absolute atomic E-state index is 12.7. The number of aryl methyl sites for hydroxylation is 1. The summed E-state index contributed by atoms with van der Waals surface area (Å²) in [6.07, 6.45) is 2.97. The molecule has 0 amide bonds. The summed E-state index contributed by atoms with van der Waals surface area (Å²) in [6, 6.07) is 3.85. The van der Waals surface area contributed by atoms with Crippen molar-refractivity contribution in [3.63, 3.8) is 0 Å². The van der Waals surface area contributed by atoms with Gasteiger partial charge >= 0.3 is 0 Å². The van der Waals surface area contributed by atoms with E-state index in [0.29, 0.717) is 22.5 Å². The molecular formula is C15H14N4O2. The largest absolute Gasteiger partial charge is 0.469 e. The minimum atomic E-state index is -0.212. The van der Waals surface area contributed by atoms with E-state index < -0.39 is 0 Å². The molecule has 0 atom stereocenters. The first-order valence-electron chi connectivity index (χ1n) is 6.63. The average molecular weight is 282 g/mol. The Balaban J connectivity index is 2.47. The van der Waals surface area contributed by atoms with Gasteiger partial charge in [0.15, 0.2) is 5.65 Å². The number of nitrogens with one attached hydrogen (secondary N) is 1. The van der Waals surface area contributed by atoms with E-state index in [1.807, 2.05) is 32.9 Å². The van der Waals surface area contributed by atoms with Crippen LogP contribution in [0.4, 0.5) is 0 Å². The van der Waals surface area contributed by atoms with Crippen molar-refractivity contribution in [2.24, 2.45) is 0 Å². The Labute approximate surface area is 120 Å². The highest BCUT2D eigenvalue weighted by Crippen LogP contribution is 2.29. The highest BCUT2D eigenvalue weighted by atomic mass is 16.3. The molecule has 0 saturated carbocycles. The van der Waals surface area contributed by atoms with E-state index in [4.69, 9.17) is 9.68 Å². The number of H-pyrrole nitrogens is 1. The fourth-order valence-electron chi connectivity index (χ4n) is 2.50. The third kappa shape index (κ3) is 1.86. The highest BCUT2D eigenvalue weighted by Gasteiger charge is 2.20. The molecule has 6 heteroatoms. The number of aromatic amines is 1. The van der Waals surface area contributed by atoms with E-state index in [2.05, 4.69) is 10.1 Å². The second-order valence-corrected chi connectivity index (χ2v) is 5.19. The summed E-state index contributed by atoms with van der Waals surface area (Å²) < 4.78 is 6.58. The smallest absolute Gasteiger partial charge is 0.278 e. The van der Waals surface area contributed by atoms with Crippen LogP contribution in [-0.4, -0.2) is 14.6 Å². The van der Waals surface area contributed by atoms with Crippen LogP contribution < -0.4 is 5.56 Å². The summed E-state index contributed by atoms with van der Waals surface area (Å²) >= 11 is 0. The molecule has 0 unspecified atom stereocenters. The normalized spacial score (nSPS) is 11.2. The van der Waals surface area contributed by atoms with Crippen molar-refractivity contribution in [3.05, 3.63) is 45.8 Å². The molecule has 3 aromatic heterocycles. The van der Waals surface area contributed by atoms with Gasteiger partial charge in [-0.2, -0.15) is 14.9 Å². The number of rotatable bonds is 2. The summed E-state index contributed by atoms with van der Waals surface area (Å²) in [5, 5.41) is 13.1. The van der Waals surface area contributed by atoms with E-state index in [9.17, 15) is 4.79 Å². The topological polar surface area (TPSA) is 87.1 Å². The fourth-order valence-corrected chi connectivity index (χ4v) is 2.50. The van der Waals surface area contributed by atoms with Crippen molar-refractivity contribution in [1.82, 2.24) is 14.6 Å². The van der Waals surface area contributed by atoms with Crippen LogP contribution in [0.1, 0.15) is 36.7 Å². The third-order valence-electron chi connectivity index (χ3n) is 3.53. The van der Waals surface area contributed by atoms with Crippen LogP contribution in [-0.2, 0) is 0 Å². The quantitative estimate of drug-likeness (QED) is 0.782. The molecule has 1 N–H and O–H groups in total. The molecule has 106 valence electrons. The maximum atomic E-state index is 12.7. The number of fused-ring (bicyclic) bond motifs is 1. The molecule has 0 fully saturated rings. The van der Waals surface area contributed by atoms with Gasteiger partial charge in [-0.15, -0.1) is 0 Å². The Hall–Kier alpha value is -2.81. The molecule has 0 saturated heterocycles. The van der Waals surface area contributed by atoms with E-state index in [-0.39, 0.29) is 11.5 Å². The molecule has 0 aromatic carbocycles. The minimum Gasteiger partial charge on any atom is -0.469 e. The van der Waals surface area contributed by atoms with Gasteiger partial charge in [0.25, 0.3) is 5.56 Å². The number of hydrogen-bond donors (Lipinski definition) is 1. The number of furan rings is 1. The SMILES string of the molecule is Cc1occc1-c1[nH]c2c(C#N)cnn2c(=O)c1C(C)C. The van der Waals surface area contributed by atoms with Crippen molar-refractivity contribution in [3.8, 4) is 17.3 Å². The molecule has 6 nitrogen and oxygen atoms in total. The number of nitrogens with zero attached hydrogens (tertiary/aromatic N) is 3.